The van der Waals surface area contributed by atoms with E-state index in [-0.39, 0.29) is 0 Å². The van der Waals surface area contributed by atoms with E-state index in [1.807, 2.05) is 18.3 Å². The highest BCUT2D eigenvalue weighted by atomic mass is 15.0. The van der Waals surface area contributed by atoms with Crippen LogP contribution in [0.5, 0.6) is 0 Å². The van der Waals surface area contributed by atoms with Gasteiger partial charge in [0, 0.05) is 28.2 Å². The van der Waals surface area contributed by atoms with Crippen molar-refractivity contribution in [3.63, 3.8) is 0 Å². The van der Waals surface area contributed by atoms with Crippen molar-refractivity contribution in [3.05, 3.63) is 96.2 Å². The van der Waals surface area contributed by atoms with Gasteiger partial charge in [-0.3, -0.25) is 4.98 Å². The Labute approximate surface area is 158 Å². The average molecular weight is 348 g/mol. The third kappa shape index (κ3) is 2.45. The third-order valence-corrected chi connectivity index (χ3v) is 5.28. The van der Waals surface area contributed by atoms with Crippen LogP contribution in [0.15, 0.2) is 85.1 Å². The lowest BCUT2D eigenvalue weighted by atomic mass is 10.1. The number of aryl methyl sites for hydroxylation is 2. The topological polar surface area (TPSA) is 17.8 Å². The number of nitrogens with zero attached hydrogens (tertiary/aromatic N) is 2. The maximum Gasteiger partial charge on any atom is 0.0702 e. The summed E-state index contributed by atoms with van der Waals surface area (Å²) in [5, 5.41) is 2.61. The van der Waals surface area contributed by atoms with Crippen LogP contribution >= 0.6 is 0 Å². The van der Waals surface area contributed by atoms with E-state index in [2.05, 4.69) is 90.1 Å². The van der Waals surface area contributed by atoms with Crippen molar-refractivity contribution in [2.24, 2.45) is 0 Å². The van der Waals surface area contributed by atoms with Crippen LogP contribution < -0.4 is 0 Å². The van der Waals surface area contributed by atoms with Gasteiger partial charge in [0.15, 0.2) is 0 Å². The number of rotatable bonds is 2. The average Bonchev–Trinajstić information content (AvgIpc) is 3.06. The number of pyridine rings is 1. The van der Waals surface area contributed by atoms with E-state index in [0.717, 1.165) is 11.3 Å². The van der Waals surface area contributed by atoms with Gasteiger partial charge in [-0.15, -0.1) is 0 Å². The van der Waals surface area contributed by atoms with Crippen LogP contribution in [0.2, 0.25) is 0 Å². The second-order valence-electron chi connectivity index (χ2n) is 7.04. The summed E-state index contributed by atoms with van der Waals surface area (Å²) in [7, 11) is 0. The summed E-state index contributed by atoms with van der Waals surface area (Å²) in [5.41, 5.74) is 8.42. The van der Waals surface area contributed by atoms with Gasteiger partial charge in [-0.1, -0.05) is 54.6 Å². The Bertz CT molecular complexity index is 1220. The molecular weight excluding hydrogens is 328 g/mol. The van der Waals surface area contributed by atoms with Gasteiger partial charge >= 0.3 is 0 Å². The highest BCUT2D eigenvalue weighted by molar-refractivity contribution is 6.11. The molecule has 0 bridgehead atoms. The molecule has 0 spiro atoms. The Hall–Kier alpha value is -3.39. The minimum absolute atomic E-state index is 0.994. The summed E-state index contributed by atoms with van der Waals surface area (Å²) in [6.07, 6.45) is 1.84. The van der Waals surface area contributed by atoms with E-state index in [9.17, 15) is 0 Å². The Kier molecular flexibility index (Phi) is 3.58. The van der Waals surface area contributed by atoms with E-state index in [1.54, 1.807) is 0 Å². The highest BCUT2D eigenvalue weighted by Gasteiger charge is 2.15. The summed E-state index contributed by atoms with van der Waals surface area (Å²) >= 11 is 0. The molecule has 3 aromatic carbocycles. The molecule has 2 aromatic heterocycles. The van der Waals surface area contributed by atoms with E-state index in [0.29, 0.717) is 0 Å². The molecule has 27 heavy (non-hydrogen) atoms. The van der Waals surface area contributed by atoms with Crippen LogP contribution in [0, 0.1) is 13.8 Å². The fraction of sp³-hybridized carbons (Fsp3) is 0.0800. The van der Waals surface area contributed by atoms with Crippen molar-refractivity contribution in [2.45, 2.75) is 13.8 Å². The predicted octanol–water partition coefficient (Wildman–Crippen LogP) is 6.46. The summed E-state index contributed by atoms with van der Waals surface area (Å²) in [4.78, 5) is 4.52. The fourth-order valence-electron chi connectivity index (χ4n) is 4.05. The summed E-state index contributed by atoms with van der Waals surface area (Å²) in [5.74, 6) is 0. The SMILES string of the molecule is Cc1cccc2c3cccc(C)c3n(-c3cccc(-c4ccccn4)c3)c12. The Balaban J connectivity index is 1.88. The monoisotopic (exact) mass is 348 g/mol. The fourth-order valence-corrected chi connectivity index (χ4v) is 4.05. The molecule has 2 heteroatoms. The van der Waals surface area contributed by atoms with Gasteiger partial charge in [-0.25, -0.2) is 0 Å². The lowest BCUT2D eigenvalue weighted by Crippen LogP contribution is -1.97. The Morgan fingerprint density at radius 1 is 0.667 bits per heavy atom. The van der Waals surface area contributed by atoms with Crippen molar-refractivity contribution in [2.75, 3.05) is 0 Å². The van der Waals surface area contributed by atoms with Crippen molar-refractivity contribution >= 4 is 21.8 Å². The lowest BCUT2D eigenvalue weighted by Gasteiger charge is -2.12. The first-order valence-electron chi connectivity index (χ1n) is 9.25. The second-order valence-corrected chi connectivity index (χ2v) is 7.04. The van der Waals surface area contributed by atoms with Gasteiger partial charge in [0.25, 0.3) is 0 Å². The number of para-hydroxylation sites is 2. The number of hydrogen-bond donors (Lipinski definition) is 0. The highest BCUT2D eigenvalue weighted by Crippen LogP contribution is 2.36. The molecule has 0 atom stereocenters. The van der Waals surface area contributed by atoms with Crippen LogP contribution in [0.4, 0.5) is 0 Å². The van der Waals surface area contributed by atoms with Gasteiger partial charge in [-0.05, 0) is 49.2 Å². The van der Waals surface area contributed by atoms with Gasteiger partial charge < -0.3 is 4.57 Å². The molecule has 130 valence electrons. The molecule has 5 aromatic rings. The normalized spacial score (nSPS) is 11.3. The molecular formula is C25H20N2. The van der Waals surface area contributed by atoms with E-state index >= 15 is 0 Å². The molecule has 0 N–H and O–H groups in total. The molecule has 0 aliphatic heterocycles. The zero-order valence-corrected chi connectivity index (χ0v) is 15.5. The van der Waals surface area contributed by atoms with Crippen LogP contribution in [0.1, 0.15) is 11.1 Å². The van der Waals surface area contributed by atoms with E-state index in [1.165, 1.54) is 38.6 Å². The van der Waals surface area contributed by atoms with Crippen molar-refractivity contribution < 1.29 is 0 Å². The molecule has 0 saturated heterocycles. The molecule has 0 radical (unpaired) electrons. The van der Waals surface area contributed by atoms with Gasteiger partial charge in [0.1, 0.15) is 0 Å². The Morgan fingerprint density at radius 3 is 1.96 bits per heavy atom. The number of benzene rings is 3. The van der Waals surface area contributed by atoms with Crippen LogP contribution in [-0.4, -0.2) is 9.55 Å². The quantitative estimate of drug-likeness (QED) is 0.358. The third-order valence-electron chi connectivity index (χ3n) is 5.28. The predicted molar refractivity (Wildman–Crippen MR) is 113 cm³/mol. The zero-order chi connectivity index (χ0) is 18.4. The van der Waals surface area contributed by atoms with Crippen molar-refractivity contribution in [1.82, 2.24) is 9.55 Å². The number of fused-ring (bicyclic) bond motifs is 3. The van der Waals surface area contributed by atoms with Gasteiger partial charge in [0.2, 0.25) is 0 Å². The molecule has 0 saturated carbocycles. The summed E-state index contributed by atoms with van der Waals surface area (Å²) < 4.78 is 2.40. The van der Waals surface area contributed by atoms with E-state index < -0.39 is 0 Å². The molecule has 0 fully saturated rings. The van der Waals surface area contributed by atoms with Crippen LogP contribution in [0.25, 0.3) is 38.8 Å². The molecule has 0 amide bonds. The molecule has 0 unspecified atom stereocenters. The van der Waals surface area contributed by atoms with Crippen LogP contribution in [-0.2, 0) is 0 Å². The first kappa shape index (κ1) is 15.8. The minimum atomic E-state index is 0.994. The molecule has 2 nitrogen and oxygen atoms in total. The van der Waals surface area contributed by atoms with Gasteiger partial charge in [-0.2, -0.15) is 0 Å². The number of hydrogen-bond acceptors (Lipinski definition) is 1. The molecule has 5 rings (SSSR count). The summed E-state index contributed by atoms with van der Waals surface area (Å²) in [6.45, 7) is 4.38. The van der Waals surface area contributed by atoms with Crippen molar-refractivity contribution in [1.29, 1.82) is 0 Å². The zero-order valence-electron chi connectivity index (χ0n) is 15.5. The summed E-state index contributed by atoms with van der Waals surface area (Å²) in [6, 6.07) is 27.8. The lowest BCUT2D eigenvalue weighted by molar-refractivity contribution is 1.16. The minimum Gasteiger partial charge on any atom is -0.309 e. The second kappa shape index (κ2) is 6.10. The van der Waals surface area contributed by atoms with E-state index in [4.69, 9.17) is 0 Å². The Morgan fingerprint density at radius 2 is 1.33 bits per heavy atom. The number of aromatic nitrogens is 2. The first-order chi connectivity index (χ1) is 13.2. The largest absolute Gasteiger partial charge is 0.309 e. The molecule has 2 heterocycles. The first-order valence-corrected chi connectivity index (χ1v) is 9.25. The van der Waals surface area contributed by atoms with Crippen molar-refractivity contribution in [3.8, 4) is 16.9 Å². The molecule has 0 aliphatic rings. The smallest absolute Gasteiger partial charge is 0.0702 e. The molecule has 0 aliphatic carbocycles. The van der Waals surface area contributed by atoms with Crippen LogP contribution in [0.3, 0.4) is 0 Å². The van der Waals surface area contributed by atoms with Gasteiger partial charge in [0.05, 0.1) is 16.7 Å². The maximum atomic E-state index is 4.52. The standard InChI is InChI=1S/C25H20N2/c1-17-8-5-12-21-22-13-6-9-18(2)25(22)27(24(17)21)20-11-7-10-19(16-20)23-14-3-4-15-26-23/h3-16H,1-2H3. The maximum absolute atomic E-state index is 4.52.